The second-order valence-corrected chi connectivity index (χ2v) is 4.11. The topological polar surface area (TPSA) is 62.1 Å². The lowest BCUT2D eigenvalue weighted by atomic mass is 10.2. The van der Waals surface area contributed by atoms with Crippen LogP contribution in [-0.4, -0.2) is 18.1 Å². The highest BCUT2D eigenvalue weighted by molar-refractivity contribution is 5.81. The summed E-state index contributed by atoms with van der Waals surface area (Å²) in [5, 5.41) is 10.9. The van der Waals surface area contributed by atoms with Gasteiger partial charge in [-0.05, 0) is 26.0 Å². The number of alkyl halides is 3. The Labute approximate surface area is 114 Å². The monoisotopic (exact) mass is 286 g/mol. The largest absolute Gasteiger partial charge is 0.480 e. The molecular weight excluding hydrogens is 273 g/mol. The molecule has 7 heteroatoms. The summed E-state index contributed by atoms with van der Waals surface area (Å²) in [5.41, 5.74) is -0.951. The molecule has 0 saturated heterocycles. The molecule has 2 atom stereocenters. The molecule has 1 aromatic carbocycles. The average Bonchev–Trinajstić information content (AvgIpc) is 2.37. The van der Waals surface area contributed by atoms with Gasteiger partial charge >= 0.3 is 6.18 Å². The number of halogens is 3. The highest BCUT2D eigenvalue weighted by atomic mass is 19.4. The van der Waals surface area contributed by atoms with Crippen LogP contribution in [0, 0.1) is 11.3 Å². The summed E-state index contributed by atoms with van der Waals surface area (Å²) in [6, 6.07) is 5.67. The van der Waals surface area contributed by atoms with Crippen molar-refractivity contribution in [3.05, 3.63) is 29.8 Å². The van der Waals surface area contributed by atoms with Crippen LogP contribution in [0.25, 0.3) is 0 Å². The van der Waals surface area contributed by atoms with Gasteiger partial charge in [0, 0.05) is 0 Å². The van der Waals surface area contributed by atoms with Gasteiger partial charge in [0.05, 0.1) is 11.6 Å². The van der Waals surface area contributed by atoms with E-state index in [0.29, 0.717) is 0 Å². The second-order valence-electron chi connectivity index (χ2n) is 4.11. The van der Waals surface area contributed by atoms with Gasteiger partial charge in [-0.1, -0.05) is 12.1 Å². The third-order valence-corrected chi connectivity index (χ3v) is 2.42. The number of para-hydroxylation sites is 1. The number of hydrogen-bond acceptors (Lipinski definition) is 3. The minimum atomic E-state index is -4.56. The van der Waals surface area contributed by atoms with Crippen molar-refractivity contribution in [2.24, 2.45) is 0 Å². The number of nitrogens with one attached hydrogen (secondary N) is 1. The number of benzene rings is 1. The van der Waals surface area contributed by atoms with Crippen molar-refractivity contribution >= 4 is 5.91 Å². The van der Waals surface area contributed by atoms with Crippen LogP contribution >= 0.6 is 0 Å². The predicted octanol–water partition coefficient (Wildman–Crippen LogP) is 2.50. The number of hydrogen-bond donors (Lipinski definition) is 1. The highest BCUT2D eigenvalue weighted by Gasteiger charge is 2.34. The van der Waals surface area contributed by atoms with E-state index >= 15 is 0 Å². The average molecular weight is 286 g/mol. The molecule has 1 amide bonds. The number of rotatable bonds is 4. The molecule has 0 aliphatic heterocycles. The predicted molar refractivity (Wildman–Crippen MR) is 64.8 cm³/mol. The van der Waals surface area contributed by atoms with E-state index in [9.17, 15) is 18.0 Å². The van der Waals surface area contributed by atoms with Crippen molar-refractivity contribution in [2.45, 2.75) is 32.2 Å². The zero-order valence-corrected chi connectivity index (χ0v) is 10.9. The van der Waals surface area contributed by atoms with Crippen LogP contribution in [0.15, 0.2) is 24.3 Å². The Bertz CT molecular complexity index is 523. The molecule has 0 heterocycles. The second kappa shape index (κ2) is 6.28. The molecule has 4 nitrogen and oxygen atoms in total. The minimum absolute atomic E-state index is 0.424. The molecule has 108 valence electrons. The first-order valence-electron chi connectivity index (χ1n) is 5.78. The molecule has 0 aromatic heterocycles. The molecular formula is C13H13F3N2O2. The van der Waals surface area contributed by atoms with Crippen LogP contribution in [0.2, 0.25) is 0 Å². The van der Waals surface area contributed by atoms with Crippen LogP contribution in [-0.2, 0) is 11.0 Å². The zero-order chi connectivity index (χ0) is 15.3. The van der Waals surface area contributed by atoms with Gasteiger partial charge in [-0.15, -0.1) is 0 Å². The van der Waals surface area contributed by atoms with Crippen LogP contribution in [0.5, 0.6) is 5.75 Å². The van der Waals surface area contributed by atoms with E-state index in [2.05, 4.69) is 5.32 Å². The molecule has 0 aliphatic rings. The van der Waals surface area contributed by atoms with Crippen molar-refractivity contribution in [2.75, 3.05) is 0 Å². The van der Waals surface area contributed by atoms with Gasteiger partial charge in [-0.2, -0.15) is 18.4 Å². The Morgan fingerprint density at radius 3 is 2.50 bits per heavy atom. The van der Waals surface area contributed by atoms with E-state index in [0.717, 1.165) is 12.1 Å². The molecule has 1 aromatic rings. The van der Waals surface area contributed by atoms with Gasteiger partial charge < -0.3 is 10.1 Å². The van der Waals surface area contributed by atoms with Gasteiger partial charge in [0.15, 0.2) is 6.10 Å². The summed E-state index contributed by atoms with van der Waals surface area (Å²) < 4.78 is 43.3. The molecule has 0 saturated carbocycles. The van der Waals surface area contributed by atoms with E-state index in [-0.39, 0.29) is 0 Å². The zero-order valence-electron chi connectivity index (χ0n) is 10.9. The normalized spacial score (nSPS) is 14.0. The number of carbonyl (C=O) groups is 1. The van der Waals surface area contributed by atoms with Gasteiger partial charge in [-0.25, -0.2) is 0 Å². The molecule has 1 rings (SSSR count). The lowest BCUT2D eigenvalue weighted by Gasteiger charge is -2.18. The quantitative estimate of drug-likeness (QED) is 0.925. The van der Waals surface area contributed by atoms with Crippen LogP contribution in [0.3, 0.4) is 0 Å². The molecule has 1 N–H and O–H groups in total. The fourth-order valence-corrected chi connectivity index (χ4v) is 1.41. The van der Waals surface area contributed by atoms with Gasteiger partial charge in [0.25, 0.3) is 5.91 Å². The van der Waals surface area contributed by atoms with E-state index in [1.807, 2.05) is 0 Å². The number of ether oxygens (including phenoxy) is 1. The van der Waals surface area contributed by atoms with E-state index < -0.39 is 35.5 Å². The molecule has 0 radical (unpaired) electrons. The maximum absolute atomic E-state index is 12.7. The summed E-state index contributed by atoms with van der Waals surface area (Å²) >= 11 is 0. The number of nitriles is 1. The SMILES string of the molecule is CC(C#N)NC(=O)C(C)Oc1ccccc1C(F)(F)F. The molecule has 0 spiro atoms. The Hall–Kier alpha value is -2.23. The summed E-state index contributed by atoms with van der Waals surface area (Å²) in [5.74, 6) is -1.08. The Morgan fingerprint density at radius 2 is 1.95 bits per heavy atom. The highest BCUT2D eigenvalue weighted by Crippen LogP contribution is 2.36. The molecule has 20 heavy (non-hydrogen) atoms. The fourth-order valence-electron chi connectivity index (χ4n) is 1.41. The van der Waals surface area contributed by atoms with Gasteiger partial charge in [0.2, 0.25) is 0 Å². The summed E-state index contributed by atoms with van der Waals surface area (Å²) in [6.07, 6.45) is -5.71. The molecule has 2 unspecified atom stereocenters. The Balaban J connectivity index is 2.84. The smallest absolute Gasteiger partial charge is 0.419 e. The van der Waals surface area contributed by atoms with Crippen molar-refractivity contribution in [3.63, 3.8) is 0 Å². The minimum Gasteiger partial charge on any atom is -0.480 e. The number of carbonyl (C=O) groups excluding carboxylic acids is 1. The lowest BCUT2D eigenvalue weighted by molar-refractivity contribution is -0.140. The Morgan fingerprint density at radius 1 is 1.35 bits per heavy atom. The third-order valence-electron chi connectivity index (χ3n) is 2.42. The van der Waals surface area contributed by atoms with Crippen LogP contribution in [0.1, 0.15) is 19.4 Å². The standard InChI is InChI=1S/C13H13F3N2O2/c1-8(7-17)18-12(19)9(2)20-11-6-4-3-5-10(11)13(14,15)16/h3-6,8-9H,1-2H3,(H,18,19). The molecule has 0 bridgehead atoms. The molecule has 0 aliphatic carbocycles. The number of amides is 1. The van der Waals surface area contributed by atoms with E-state index in [1.54, 1.807) is 6.07 Å². The summed E-state index contributed by atoms with van der Waals surface area (Å²) in [7, 11) is 0. The van der Waals surface area contributed by atoms with Gasteiger partial charge in [-0.3, -0.25) is 4.79 Å². The Kier molecular flexibility index (Phi) is 4.97. The van der Waals surface area contributed by atoms with Crippen LogP contribution in [0.4, 0.5) is 13.2 Å². The van der Waals surface area contributed by atoms with Gasteiger partial charge in [0.1, 0.15) is 11.8 Å². The van der Waals surface area contributed by atoms with Crippen molar-refractivity contribution in [1.29, 1.82) is 5.26 Å². The van der Waals surface area contributed by atoms with Crippen molar-refractivity contribution < 1.29 is 22.7 Å². The maximum atomic E-state index is 12.7. The van der Waals surface area contributed by atoms with Crippen LogP contribution < -0.4 is 10.1 Å². The first-order chi connectivity index (χ1) is 9.25. The fraction of sp³-hybridized carbons (Fsp3) is 0.385. The third kappa shape index (κ3) is 4.16. The lowest BCUT2D eigenvalue weighted by Crippen LogP contribution is -2.40. The summed E-state index contributed by atoms with van der Waals surface area (Å²) in [4.78, 5) is 11.6. The van der Waals surface area contributed by atoms with Crippen molar-refractivity contribution in [1.82, 2.24) is 5.32 Å². The van der Waals surface area contributed by atoms with E-state index in [4.69, 9.17) is 10.00 Å². The molecule has 0 fully saturated rings. The first kappa shape index (κ1) is 15.8. The van der Waals surface area contributed by atoms with E-state index in [1.165, 1.54) is 26.0 Å². The summed E-state index contributed by atoms with van der Waals surface area (Å²) in [6.45, 7) is 2.76. The number of nitrogens with zero attached hydrogens (tertiary/aromatic N) is 1. The van der Waals surface area contributed by atoms with Crippen molar-refractivity contribution in [3.8, 4) is 11.8 Å². The maximum Gasteiger partial charge on any atom is 0.419 e. The first-order valence-corrected chi connectivity index (χ1v) is 5.78.